The fourth-order valence-electron chi connectivity index (χ4n) is 2.84. The Balaban J connectivity index is 1.52. The lowest BCUT2D eigenvalue weighted by Gasteiger charge is -2.16. The molecule has 1 heterocycles. The Labute approximate surface area is 147 Å². The predicted octanol–water partition coefficient (Wildman–Crippen LogP) is 2.17. The molecule has 1 aliphatic rings. The van der Waals surface area contributed by atoms with Crippen molar-refractivity contribution in [1.29, 1.82) is 0 Å². The van der Waals surface area contributed by atoms with Crippen LogP contribution in [0.3, 0.4) is 0 Å². The first kappa shape index (κ1) is 19.0. The molecule has 0 radical (unpaired) electrons. The van der Waals surface area contributed by atoms with Crippen LogP contribution in [0.5, 0.6) is 0 Å². The third-order valence-electron chi connectivity index (χ3n) is 4.17. The SMILES string of the molecule is O=C(COC(=O)CCCNC(=O)c1ccco1)NC1CCCCCC1. The van der Waals surface area contributed by atoms with Crippen LogP contribution in [0.2, 0.25) is 0 Å². The zero-order chi connectivity index (χ0) is 17.9. The van der Waals surface area contributed by atoms with Crippen molar-refractivity contribution >= 4 is 17.8 Å². The number of esters is 1. The lowest BCUT2D eigenvalue weighted by atomic mass is 10.1. The molecular formula is C18H26N2O5. The number of ether oxygens (including phenoxy) is 1. The number of carbonyl (C=O) groups is 3. The van der Waals surface area contributed by atoms with Crippen molar-refractivity contribution in [2.24, 2.45) is 0 Å². The van der Waals surface area contributed by atoms with Gasteiger partial charge in [-0.1, -0.05) is 25.7 Å². The van der Waals surface area contributed by atoms with E-state index in [0.29, 0.717) is 13.0 Å². The van der Waals surface area contributed by atoms with E-state index in [1.807, 2.05) is 0 Å². The van der Waals surface area contributed by atoms with Gasteiger partial charge in [0.25, 0.3) is 11.8 Å². The number of hydrogen-bond acceptors (Lipinski definition) is 5. The molecule has 0 bridgehead atoms. The Morgan fingerprint density at radius 3 is 2.60 bits per heavy atom. The van der Waals surface area contributed by atoms with Crippen molar-refractivity contribution in [3.8, 4) is 0 Å². The third kappa shape index (κ3) is 7.41. The first-order valence-corrected chi connectivity index (χ1v) is 8.92. The second-order valence-electron chi connectivity index (χ2n) is 6.25. The maximum atomic E-state index is 11.8. The highest BCUT2D eigenvalue weighted by molar-refractivity contribution is 5.91. The maximum absolute atomic E-state index is 11.8. The summed E-state index contributed by atoms with van der Waals surface area (Å²) in [5.41, 5.74) is 0. The molecule has 2 rings (SSSR count). The third-order valence-corrected chi connectivity index (χ3v) is 4.17. The highest BCUT2D eigenvalue weighted by atomic mass is 16.5. The zero-order valence-corrected chi connectivity index (χ0v) is 14.4. The molecule has 2 amide bonds. The average molecular weight is 350 g/mol. The van der Waals surface area contributed by atoms with Gasteiger partial charge in [0.05, 0.1) is 6.26 Å². The minimum Gasteiger partial charge on any atom is -0.459 e. The van der Waals surface area contributed by atoms with Crippen molar-refractivity contribution < 1.29 is 23.5 Å². The number of hydrogen-bond donors (Lipinski definition) is 2. The summed E-state index contributed by atoms with van der Waals surface area (Å²) in [6.07, 6.45) is 8.71. The van der Waals surface area contributed by atoms with E-state index in [4.69, 9.17) is 9.15 Å². The molecule has 7 nitrogen and oxygen atoms in total. The van der Waals surface area contributed by atoms with Gasteiger partial charge in [-0.3, -0.25) is 14.4 Å². The quantitative estimate of drug-likeness (QED) is 0.425. The van der Waals surface area contributed by atoms with Gasteiger partial charge in [0.2, 0.25) is 0 Å². The standard InChI is InChI=1S/C18H26N2O5/c21-16(20-14-7-3-1-2-4-8-14)13-25-17(22)10-5-11-19-18(23)15-9-6-12-24-15/h6,9,12,14H,1-5,7-8,10-11,13H2,(H,19,23)(H,20,21). The molecule has 2 N–H and O–H groups in total. The van der Waals surface area contributed by atoms with Crippen LogP contribution in [-0.4, -0.2) is 37.0 Å². The van der Waals surface area contributed by atoms with Crippen molar-refractivity contribution in [1.82, 2.24) is 10.6 Å². The fourth-order valence-corrected chi connectivity index (χ4v) is 2.84. The molecule has 0 atom stereocenters. The van der Waals surface area contributed by atoms with E-state index in [1.165, 1.54) is 19.1 Å². The number of nitrogens with one attached hydrogen (secondary N) is 2. The molecular weight excluding hydrogens is 324 g/mol. The molecule has 0 unspecified atom stereocenters. The van der Waals surface area contributed by atoms with Gasteiger partial charge < -0.3 is 19.8 Å². The molecule has 1 fully saturated rings. The molecule has 138 valence electrons. The van der Waals surface area contributed by atoms with Gasteiger partial charge in [0, 0.05) is 19.0 Å². The summed E-state index contributed by atoms with van der Waals surface area (Å²) in [6, 6.07) is 3.40. The Hall–Kier alpha value is -2.31. The highest BCUT2D eigenvalue weighted by Gasteiger charge is 2.15. The van der Waals surface area contributed by atoms with E-state index >= 15 is 0 Å². The van der Waals surface area contributed by atoms with E-state index in [2.05, 4.69) is 10.6 Å². The van der Waals surface area contributed by atoms with E-state index in [9.17, 15) is 14.4 Å². The van der Waals surface area contributed by atoms with Gasteiger partial charge in [-0.25, -0.2) is 0 Å². The second kappa shape index (κ2) is 10.5. The predicted molar refractivity (Wildman–Crippen MR) is 90.9 cm³/mol. The zero-order valence-electron chi connectivity index (χ0n) is 14.4. The topological polar surface area (TPSA) is 97.6 Å². The van der Waals surface area contributed by atoms with Gasteiger partial charge in [0.15, 0.2) is 12.4 Å². The summed E-state index contributed by atoms with van der Waals surface area (Å²) in [5, 5.41) is 5.57. The van der Waals surface area contributed by atoms with Crippen molar-refractivity contribution in [3.05, 3.63) is 24.2 Å². The monoisotopic (exact) mass is 350 g/mol. The Bertz CT molecular complexity index is 548. The Morgan fingerprint density at radius 1 is 1.16 bits per heavy atom. The molecule has 7 heteroatoms. The Kier molecular flexibility index (Phi) is 8.01. The lowest BCUT2D eigenvalue weighted by molar-refractivity contribution is -0.148. The maximum Gasteiger partial charge on any atom is 0.306 e. The van der Waals surface area contributed by atoms with Crippen LogP contribution in [0.15, 0.2) is 22.8 Å². The lowest BCUT2D eigenvalue weighted by Crippen LogP contribution is -2.37. The Morgan fingerprint density at radius 2 is 1.92 bits per heavy atom. The number of amides is 2. The summed E-state index contributed by atoms with van der Waals surface area (Å²) < 4.78 is 9.93. The second-order valence-corrected chi connectivity index (χ2v) is 6.25. The number of furan rings is 1. The molecule has 1 aromatic rings. The molecule has 0 aliphatic heterocycles. The van der Waals surface area contributed by atoms with Gasteiger partial charge in [-0.2, -0.15) is 0 Å². The van der Waals surface area contributed by atoms with Crippen molar-refractivity contribution in [2.75, 3.05) is 13.2 Å². The van der Waals surface area contributed by atoms with Gasteiger partial charge in [0.1, 0.15) is 0 Å². The molecule has 25 heavy (non-hydrogen) atoms. The van der Waals surface area contributed by atoms with Crippen LogP contribution in [0.25, 0.3) is 0 Å². The largest absolute Gasteiger partial charge is 0.459 e. The minimum absolute atomic E-state index is 0.148. The highest BCUT2D eigenvalue weighted by Crippen LogP contribution is 2.17. The molecule has 0 saturated heterocycles. The van der Waals surface area contributed by atoms with Crippen molar-refractivity contribution in [2.45, 2.75) is 57.4 Å². The molecule has 0 aromatic carbocycles. The number of carbonyl (C=O) groups excluding carboxylic acids is 3. The average Bonchev–Trinajstić information content (AvgIpc) is 3.03. The van der Waals surface area contributed by atoms with Crippen LogP contribution in [-0.2, 0) is 14.3 Å². The van der Waals surface area contributed by atoms with Crippen LogP contribution >= 0.6 is 0 Å². The number of rotatable bonds is 8. The summed E-state index contributed by atoms with van der Waals surface area (Å²) in [6.45, 7) is 0.0942. The van der Waals surface area contributed by atoms with Crippen LogP contribution in [0, 0.1) is 0 Å². The van der Waals surface area contributed by atoms with E-state index in [0.717, 1.165) is 25.7 Å². The first-order chi connectivity index (χ1) is 12.1. The smallest absolute Gasteiger partial charge is 0.306 e. The molecule has 0 spiro atoms. The van der Waals surface area contributed by atoms with Crippen molar-refractivity contribution in [3.63, 3.8) is 0 Å². The van der Waals surface area contributed by atoms with E-state index in [1.54, 1.807) is 12.1 Å². The summed E-state index contributed by atoms with van der Waals surface area (Å²) in [5.74, 6) is -0.770. The molecule has 1 aliphatic carbocycles. The van der Waals surface area contributed by atoms with Gasteiger partial charge >= 0.3 is 5.97 Å². The van der Waals surface area contributed by atoms with Crippen LogP contribution in [0.4, 0.5) is 0 Å². The molecule has 1 saturated carbocycles. The summed E-state index contributed by atoms with van der Waals surface area (Å²) >= 11 is 0. The summed E-state index contributed by atoms with van der Waals surface area (Å²) in [7, 11) is 0. The van der Waals surface area contributed by atoms with Crippen LogP contribution in [0.1, 0.15) is 61.9 Å². The minimum atomic E-state index is -0.441. The van der Waals surface area contributed by atoms with E-state index < -0.39 is 5.97 Å². The van der Waals surface area contributed by atoms with E-state index in [-0.39, 0.29) is 36.6 Å². The normalized spacial score (nSPS) is 15.2. The summed E-state index contributed by atoms with van der Waals surface area (Å²) in [4.78, 5) is 35.1. The molecule has 1 aromatic heterocycles. The van der Waals surface area contributed by atoms with Gasteiger partial charge in [-0.15, -0.1) is 0 Å². The fraction of sp³-hybridized carbons (Fsp3) is 0.611. The van der Waals surface area contributed by atoms with Gasteiger partial charge in [-0.05, 0) is 31.4 Å². The first-order valence-electron chi connectivity index (χ1n) is 8.92. The van der Waals surface area contributed by atoms with Crippen LogP contribution < -0.4 is 10.6 Å².